The zero-order valence-corrected chi connectivity index (χ0v) is 33.3. The van der Waals surface area contributed by atoms with E-state index >= 15 is 0 Å². The van der Waals surface area contributed by atoms with Crippen molar-refractivity contribution in [1.82, 2.24) is 4.57 Å². The number of nitrogens with zero attached hydrogens (tertiary/aromatic N) is 2. The molecule has 0 radical (unpaired) electrons. The van der Waals surface area contributed by atoms with E-state index in [1.165, 1.54) is 88.2 Å². The molecule has 0 bridgehead atoms. The monoisotopic (exact) mass is 774 g/mol. The molecule has 2 aliphatic carbocycles. The Balaban J connectivity index is 1.16. The zero-order valence-electron chi connectivity index (χ0n) is 33.3. The Morgan fingerprint density at radius 2 is 0.951 bits per heavy atom. The molecule has 1 atom stereocenters. The van der Waals surface area contributed by atoms with Crippen LogP contribution in [0.1, 0.15) is 22.3 Å². The molecule has 0 amide bonds. The third-order valence-corrected chi connectivity index (χ3v) is 13.4. The molecule has 0 N–H and O–H groups in total. The predicted octanol–water partition coefficient (Wildman–Crippen LogP) is 15.4. The molecule has 0 saturated carbocycles. The van der Waals surface area contributed by atoms with Crippen molar-refractivity contribution in [3.63, 3.8) is 0 Å². The van der Waals surface area contributed by atoms with Gasteiger partial charge < -0.3 is 9.47 Å². The summed E-state index contributed by atoms with van der Waals surface area (Å²) in [7, 11) is 0. The number of para-hydroxylation sites is 3. The van der Waals surface area contributed by atoms with Gasteiger partial charge in [-0.1, -0.05) is 176 Å². The van der Waals surface area contributed by atoms with E-state index in [0.29, 0.717) is 0 Å². The second-order valence-corrected chi connectivity index (χ2v) is 16.4. The Hall–Kier alpha value is -7.94. The van der Waals surface area contributed by atoms with Crippen LogP contribution in [0.25, 0.3) is 71.6 Å². The van der Waals surface area contributed by atoms with Crippen LogP contribution in [0.3, 0.4) is 0 Å². The molecule has 13 rings (SSSR count). The van der Waals surface area contributed by atoms with Gasteiger partial charge in [0, 0.05) is 27.8 Å². The van der Waals surface area contributed by atoms with Gasteiger partial charge in [-0.15, -0.1) is 0 Å². The molecule has 2 nitrogen and oxygen atoms in total. The zero-order chi connectivity index (χ0) is 40.1. The van der Waals surface area contributed by atoms with Crippen molar-refractivity contribution in [1.29, 1.82) is 0 Å². The number of anilines is 3. The van der Waals surface area contributed by atoms with Crippen LogP contribution >= 0.6 is 0 Å². The van der Waals surface area contributed by atoms with Gasteiger partial charge in [-0.2, -0.15) is 0 Å². The van der Waals surface area contributed by atoms with E-state index in [-0.39, 0.29) is 0 Å². The molecular formula is C59H38N2. The molecule has 1 spiro atoms. The smallest absolute Gasteiger partial charge is 0.0732 e. The van der Waals surface area contributed by atoms with Gasteiger partial charge in [-0.3, -0.25) is 0 Å². The van der Waals surface area contributed by atoms with Gasteiger partial charge in [0.1, 0.15) is 0 Å². The third-order valence-electron chi connectivity index (χ3n) is 13.4. The fourth-order valence-corrected chi connectivity index (χ4v) is 11.0. The maximum Gasteiger partial charge on any atom is 0.0732 e. The second-order valence-electron chi connectivity index (χ2n) is 16.4. The van der Waals surface area contributed by atoms with Crippen LogP contribution < -0.4 is 4.90 Å². The Bertz CT molecular complexity index is 3530. The molecule has 2 heteroatoms. The van der Waals surface area contributed by atoms with Gasteiger partial charge in [0.25, 0.3) is 0 Å². The van der Waals surface area contributed by atoms with Crippen molar-refractivity contribution in [2.75, 3.05) is 4.90 Å². The van der Waals surface area contributed by atoms with E-state index < -0.39 is 5.41 Å². The molecule has 0 fully saturated rings. The standard InChI is InChI=1S/C59H38N2/c1-4-18-39(19-5-1)44-36-34-40-20-16-28-48-46-26-11-14-30-51(46)59(58(44)56(40)48)50-29-13-10-25-45(50)47-37-35-43(38-52(47)59)60(41-21-6-2-7-22-41)54-32-17-33-55-57(54)49-27-12-15-31-53(49)61(55)42-23-8-3-9-24-42/h1-38H. The Labute approximate surface area is 354 Å². The molecule has 11 aromatic rings. The highest BCUT2D eigenvalue weighted by Crippen LogP contribution is 2.64. The maximum atomic E-state index is 2.52. The van der Waals surface area contributed by atoms with Gasteiger partial charge >= 0.3 is 0 Å². The lowest BCUT2D eigenvalue weighted by Crippen LogP contribution is -2.32. The summed E-state index contributed by atoms with van der Waals surface area (Å²) >= 11 is 0. The van der Waals surface area contributed by atoms with Gasteiger partial charge in [0.05, 0.1) is 22.1 Å². The average Bonchev–Trinajstić information content (AvgIpc) is 3.82. The molecular weight excluding hydrogens is 737 g/mol. The first kappa shape index (κ1) is 34.0. The van der Waals surface area contributed by atoms with Crippen LogP contribution in [-0.4, -0.2) is 4.57 Å². The van der Waals surface area contributed by atoms with Crippen LogP contribution in [0.4, 0.5) is 17.1 Å². The fourth-order valence-electron chi connectivity index (χ4n) is 11.0. The first-order valence-corrected chi connectivity index (χ1v) is 21.2. The molecule has 61 heavy (non-hydrogen) atoms. The summed E-state index contributed by atoms with van der Waals surface area (Å²) in [6.07, 6.45) is 0. The fraction of sp³-hybridized carbons (Fsp3) is 0.0169. The summed E-state index contributed by atoms with van der Waals surface area (Å²) in [6.45, 7) is 0. The van der Waals surface area contributed by atoms with E-state index in [1.54, 1.807) is 0 Å². The van der Waals surface area contributed by atoms with Crippen molar-refractivity contribution >= 4 is 49.6 Å². The third kappa shape index (κ3) is 4.67. The van der Waals surface area contributed by atoms with Crippen LogP contribution in [0.2, 0.25) is 0 Å². The van der Waals surface area contributed by atoms with Gasteiger partial charge in [-0.05, 0) is 121 Å². The topological polar surface area (TPSA) is 8.17 Å². The van der Waals surface area contributed by atoms with Crippen LogP contribution in [0.5, 0.6) is 0 Å². The number of hydrogen-bond acceptors (Lipinski definition) is 1. The normalized spacial score (nSPS) is 14.6. The first-order chi connectivity index (χ1) is 30.3. The summed E-state index contributed by atoms with van der Waals surface area (Å²) in [5.41, 5.74) is 19.2. The lowest BCUT2D eigenvalue weighted by Gasteiger charge is -2.41. The molecule has 2 aliphatic rings. The lowest BCUT2D eigenvalue weighted by atomic mass is 9.60. The van der Waals surface area contributed by atoms with Crippen molar-refractivity contribution in [3.05, 3.63) is 253 Å². The summed E-state index contributed by atoms with van der Waals surface area (Å²) in [4.78, 5) is 2.49. The van der Waals surface area contributed by atoms with Crippen molar-refractivity contribution in [2.24, 2.45) is 0 Å². The van der Waals surface area contributed by atoms with E-state index in [9.17, 15) is 0 Å². The van der Waals surface area contributed by atoms with Crippen LogP contribution in [0.15, 0.2) is 231 Å². The molecule has 0 aliphatic heterocycles. The van der Waals surface area contributed by atoms with E-state index in [2.05, 4.69) is 240 Å². The number of aromatic nitrogens is 1. The Morgan fingerprint density at radius 1 is 0.361 bits per heavy atom. The predicted molar refractivity (Wildman–Crippen MR) is 255 cm³/mol. The molecule has 1 heterocycles. The minimum atomic E-state index is -0.602. The number of fused-ring (bicyclic) bond motifs is 12. The summed E-state index contributed by atoms with van der Waals surface area (Å²) in [5, 5.41) is 5.03. The number of rotatable bonds is 5. The van der Waals surface area contributed by atoms with E-state index in [4.69, 9.17) is 0 Å². The van der Waals surface area contributed by atoms with E-state index in [1.807, 2.05) is 0 Å². The molecule has 1 unspecified atom stereocenters. The van der Waals surface area contributed by atoms with Crippen molar-refractivity contribution in [2.45, 2.75) is 5.41 Å². The van der Waals surface area contributed by atoms with E-state index in [0.717, 1.165) is 22.7 Å². The average molecular weight is 775 g/mol. The first-order valence-electron chi connectivity index (χ1n) is 21.2. The minimum Gasteiger partial charge on any atom is -0.310 e. The Morgan fingerprint density at radius 3 is 1.74 bits per heavy atom. The van der Waals surface area contributed by atoms with Crippen LogP contribution in [0, 0.1) is 0 Å². The maximum absolute atomic E-state index is 2.52. The molecule has 1 aromatic heterocycles. The summed E-state index contributed by atoms with van der Waals surface area (Å²) < 4.78 is 2.41. The number of hydrogen-bond donors (Lipinski definition) is 0. The van der Waals surface area contributed by atoms with Crippen molar-refractivity contribution < 1.29 is 0 Å². The van der Waals surface area contributed by atoms with Gasteiger partial charge in [0.15, 0.2) is 0 Å². The second kappa shape index (κ2) is 13.0. The highest BCUT2D eigenvalue weighted by Gasteiger charge is 2.51. The van der Waals surface area contributed by atoms with Gasteiger partial charge in [-0.25, -0.2) is 0 Å². The largest absolute Gasteiger partial charge is 0.310 e. The van der Waals surface area contributed by atoms with Crippen LogP contribution in [-0.2, 0) is 5.41 Å². The summed E-state index contributed by atoms with van der Waals surface area (Å²) in [6, 6.07) is 85.4. The minimum absolute atomic E-state index is 0.602. The Kier molecular flexibility index (Phi) is 7.26. The quantitative estimate of drug-likeness (QED) is 0.169. The molecule has 284 valence electrons. The molecule has 10 aromatic carbocycles. The highest BCUT2D eigenvalue weighted by molar-refractivity contribution is 6.17. The number of benzene rings is 10. The lowest BCUT2D eigenvalue weighted by molar-refractivity contribution is 0.775. The highest BCUT2D eigenvalue weighted by atomic mass is 15.1. The van der Waals surface area contributed by atoms with Gasteiger partial charge in [0.2, 0.25) is 0 Å². The summed E-state index contributed by atoms with van der Waals surface area (Å²) in [5.74, 6) is 0. The SMILES string of the molecule is c1ccc(-c2ccc3cccc4c3c2C2(c3ccccc3-c3ccc(N(c5ccccc5)c5cccc6c5c5ccccc5n6-c5ccccc5)cc32)c2ccccc2-4)cc1. The molecule has 0 saturated heterocycles. The van der Waals surface area contributed by atoms with Crippen molar-refractivity contribution in [3.8, 4) is 39.1 Å².